The van der Waals surface area contributed by atoms with E-state index >= 15 is 0 Å². The van der Waals surface area contributed by atoms with Crippen molar-refractivity contribution in [1.82, 2.24) is 9.88 Å². The van der Waals surface area contributed by atoms with Gasteiger partial charge in [0.25, 0.3) is 0 Å². The van der Waals surface area contributed by atoms with Crippen LogP contribution in [0.25, 0.3) is 0 Å². The average Bonchev–Trinajstić information content (AvgIpc) is 3.08. The number of nitrogens with zero attached hydrogens (tertiary/aromatic N) is 3. The number of pyridine rings is 1. The number of β-amino-alcohol motifs (C(OH)–C–C–N with tert-alkyl or cyclic N) is 1. The topological polar surface area (TPSA) is 56.7 Å². The number of thiophene rings is 1. The van der Waals surface area contributed by atoms with Gasteiger partial charge in [-0.2, -0.15) is 0 Å². The highest BCUT2D eigenvalue weighted by Gasteiger charge is 2.35. The fraction of sp³-hybridized carbons (Fsp3) is 0.444. The number of amides is 1. The van der Waals surface area contributed by atoms with Crippen LogP contribution in [0.5, 0.6) is 0 Å². The molecule has 1 atom stereocenters. The third kappa shape index (κ3) is 4.13. The Hall–Kier alpha value is -1.92. The fourth-order valence-electron chi connectivity index (χ4n) is 3.20. The number of anilines is 1. The molecule has 1 amide bonds. The lowest BCUT2D eigenvalue weighted by Crippen LogP contribution is -2.55. The number of likely N-dealkylation sites (N-methyl/N-ethyl adjacent to an activating group) is 1. The molecule has 6 heteroatoms. The summed E-state index contributed by atoms with van der Waals surface area (Å²) >= 11 is 1.59. The van der Waals surface area contributed by atoms with Gasteiger partial charge in [0.1, 0.15) is 5.82 Å². The Morgan fingerprint density at radius 1 is 1.42 bits per heavy atom. The van der Waals surface area contributed by atoms with Crippen LogP contribution < -0.4 is 4.90 Å². The number of hydrogen-bond donors (Lipinski definition) is 1. The minimum Gasteiger partial charge on any atom is -0.386 e. The van der Waals surface area contributed by atoms with Crippen LogP contribution in [0.3, 0.4) is 0 Å². The van der Waals surface area contributed by atoms with Crippen LogP contribution in [0.4, 0.5) is 5.82 Å². The second kappa shape index (κ2) is 7.32. The van der Waals surface area contributed by atoms with Crippen molar-refractivity contribution in [2.45, 2.75) is 24.9 Å². The number of hydrogen-bond acceptors (Lipinski definition) is 5. The zero-order chi connectivity index (χ0) is 17.0. The van der Waals surface area contributed by atoms with Gasteiger partial charge in [0, 0.05) is 31.2 Å². The molecule has 1 saturated heterocycles. The van der Waals surface area contributed by atoms with Crippen molar-refractivity contribution in [2.75, 3.05) is 31.6 Å². The Bertz CT molecular complexity index is 662. The number of carbonyl (C=O) groups excluding carboxylic acids is 1. The molecule has 1 unspecified atom stereocenters. The van der Waals surface area contributed by atoms with E-state index in [-0.39, 0.29) is 5.91 Å². The molecule has 24 heavy (non-hydrogen) atoms. The van der Waals surface area contributed by atoms with Crippen LogP contribution in [0.15, 0.2) is 41.9 Å². The van der Waals surface area contributed by atoms with E-state index < -0.39 is 5.60 Å². The normalized spacial score (nSPS) is 20.8. The van der Waals surface area contributed by atoms with E-state index in [0.29, 0.717) is 25.9 Å². The molecule has 2 aromatic heterocycles. The van der Waals surface area contributed by atoms with Gasteiger partial charge in [-0.1, -0.05) is 12.1 Å². The van der Waals surface area contributed by atoms with Crippen LogP contribution in [0, 0.1) is 0 Å². The van der Waals surface area contributed by atoms with Gasteiger partial charge in [0.05, 0.1) is 18.6 Å². The zero-order valence-corrected chi connectivity index (χ0v) is 14.7. The second-order valence-electron chi connectivity index (χ2n) is 6.44. The fourth-order valence-corrected chi connectivity index (χ4v) is 3.90. The summed E-state index contributed by atoms with van der Waals surface area (Å²) in [5, 5.41) is 13.0. The minimum atomic E-state index is -0.893. The molecule has 1 aliphatic heterocycles. The summed E-state index contributed by atoms with van der Waals surface area (Å²) in [5.41, 5.74) is -0.893. The molecule has 2 aromatic rings. The molecule has 128 valence electrons. The molecule has 0 spiro atoms. The summed E-state index contributed by atoms with van der Waals surface area (Å²) in [6.07, 6.45) is 3.75. The molecule has 0 saturated carbocycles. The maximum Gasteiger partial charge on any atom is 0.227 e. The van der Waals surface area contributed by atoms with Crippen LogP contribution >= 0.6 is 11.3 Å². The van der Waals surface area contributed by atoms with E-state index in [0.717, 1.165) is 23.7 Å². The second-order valence-corrected chi connectivity index (χ2v) is 7.48. The summed E-state index contributed by atoms with van der Waals surface area (Å²) in [7, 11) is 1.77. The minimum absolute atomic E-state index is 0.0424. The van der Waals surface area contributed by atoms with E-state index in [2.05, 4.69) is 9.88 Å². The number of piperidine rings is 1. The van der Waals surface area contributed by atoms with Crippen LogP contribution in [0.1, 0.15) is 17.7 Å². The van der Waals surface area contributed by atoms with Crippen molar-refractivity contribution in [3.63, 3.8) is 0 Å². The van der Waals surface area contributed by atoms with Crippen molar-refractivity contribution < 1.29 is 9.90 Å². The lowest BCUT2D eigenvalue weighted by molar-refractivity contribution is -0.132. The molecule has 5 nitrogen and oxygen atoms in total. The summed E-state index contributed by atoms with van der Waals surface area (Å²) in [6, 6.07) is 9.71. The van der Waals surface area contributed by atoms with E-state index in [1.54, 1.807) is 29.5 Å². The van der Waals surface area contributed by atoms with E-state index in [1.165, 1.54) is 0 Å². The molecule has 1 N–H and O–H groups in total. The summed E-state index contributed by atoms with van der Waals surface area (Å²) in [5.74, 6) is 0.920. The van der Waals surface area contributed by atoms with Gasteiger partial charge >= 0.3 is 0 Å². The van der Waals surface area contributed by atoms with Crippen LogP contribution in [-0.4, -0.2) is 53.2 Å². The Labute approximate surface area is 146 Å². The van der Waals surface area contributed by atoms with Gasteiger partial charge in [-0.25, -0.2) is 4.98 Å². The highest BCUT2D eigenvalue weighted by Crippen LogP contribution is 2.25. The molecule has 3 rings (SSSR count). The quantitative estimate of drug-likeness (QED) is 0.902. The van der Waals surface area contributed by atoms with Gasteiger partial charge in [-0.3, -0.25) is 4.79 Å². The highest BCUT2D eigenvalue weighted by atomic mass is 32.1. The van der Waals surface area contributed by atoms with Crippen LogP contribution in [-0.2, 0) is 11.2 Å². The molecule has 1 aliphatic rings. The number of carbonyl (C=O) groups is 1. The lowest BCUT2D eigenvalue weighted by atomic mass is 9.92. The lowest BCUT2D eigenvalue weighted by Gasteiger charge is -2.41. The summed E-state index contributed by atoms with van der Waals surface area (Å²) in [6.45, 7) is 1.73. The summed E-state index contributed by atoms with van der Waals surface area (Å²) in [4.78, 5) is 21.5. The first-order valence-electron chi connectivity index (χ1n) is 8.20. The Morgan fingerprint density at radius 2 is 2.29 bits per heavy atom. The molecule has 0 radical (unpaired) electrons. The van der Waals surface area contributed by atoms with Gasteiger partial charge in [-0.05, 0) is 36.4 Å². The maximum absolute atomic E-state index is 12.4. The maximum atomic E-state index is 12.4. The largest absolute Gasteiger partial charge is 0.386 e. The van der Waals surface area contributed by atoms with Gasteiger partial charge in [0.2, 0.25) is 5.91 Å². The first kappa shape index (κ1) is 16.9. The third-order valence-electron chi connectivity index (χ3n) is 4.39. The van der Waals surface area contributed by atoms with E-state index in [4.69, 9.17) is 0 Å². The summed E-state index contributed by atoms with van der Waals surface area (Å²) < 4.78 is 0. The van der Waals surface area contributed by atoms with Crippen LogP contribution in [0.2, 0.25) is 0 Å². The number of rotatable bonds is 5. The standard InChI is InChI=1S/C18H23N3O2S/c1-20(17(22)12-15-6-4-11-24-15)13-18(23)8-5-10-21(14-18)16-7-2-3-9-19-16/h2-4,6-7,9,11,23H,5,8,10,12-14H2,1H3. The van der Waals surface area contributed by atoms with Crippen molar-refractivity contribution in [3.8, 4) is 0 Å². The smallest absolute Gasteiger partial charge is 0.227 e. The van der Waals surface area contributed by atoms with Gasteiger partial charge in [-0.15, -0.1) is 11.3 Å². The number of aromatic nitrogens is 1. The molecule has 0 aromatic carbocycles. The zero-order valence-electron chi connectivity index (χ0n) is 13.9. The van der Waals surface area contributed by atoms with E-state index in [9.17, 15) is 9.90 Å². The first-order chi connectivity index (χ1) is 11.6. The first-order valence-corrected chi connectivity index (χ1v) is 9.08. The van der Waals surface area contributed by atoms with Crippen molar-refractivity contribution >= 4 is 23.1 Å². The SMILES string of the molecule is CN(CC1(O)CCCN(c2ccccn2)C1)C(=O)Cc1cccs1. The van der Waals surface area contributed by atoms with Gasteiger partial charge < -0.3 is 14.9 Å². The molecular weight excluding hydrogens is 322 g/mol. The monoisotopic (exact) mass is 345 g/mol. The van der Waals surface area contributed by atoms with Crippen molar-refractivity contribution in [1.29, 1.82) is 0 Å². The molecular formula is C18H23N3O2S. The third-order valence-corrected chi connectivity index (χ3v) is 5.27. The Morgan fingerprint density at radius 3 is 3.00 bits per heavy atom. The van der Waals surface area contributed by atoms with Crippen molar-refractivity contribution in [2.24, 2.45) is 0 Å². The predicted octanol–water partition coefficient (Wildman–Crippen LogP) is 2.18. The van der Waals surface area contributed by atoms with Crippen molar-refractivity contribution in [3.05, 3.63) is 46.8 Å². The molecule has 3 heterocycles. The molecule has 0 aliphatic carbocycles. The van der Waals surface area contributed by atoms with E-state index in [1.807, 2.05) is 35.7 Å². The average molecular weight is 345 g/mol. The predicted molar refractivity (Wildman–Crippen MR) is 96.3 cm³/mol. The highest BCUT2D eigenvalue weighted by molar-refractivity contribution is 7.10. The Balaban J connectivity index is 1.61. The molecule has 1 fully saturated rings. The molecule has 0 bridgehead atoms. The van der Waals surface area contributed by atoms with Gasteiger partial charge in [0.15, 0.2) is 0 Å². The number of aliphatic hydroxyl groups is 1. The Kier molecular flexibility index (Phi) is 5.16.